The molecule has 5 heteroatoms. The normalized spacial score (nSPS) is 10.9. The molecule has 3 N–H and O–H groups in total. The first-order valence-electron chi connectivity index (χ1n) is 5.83. The van der Waals surface area contributed by atoms with Gasteiger partial charge in [0.1, 0.15) is 4.88 Å². The van der Waals surface area contributed by atoms with Crippen molar-refractivity contribution in [2.45, 2.75) is 19.8 Å². The Kier molecular flexibility index (Phi) is 4.15. The van der Waals surface area contributed by atoms with Crippen molar-refractivity contribution in [3.63, 3.8) is 0 Å². The van der Waals surface area contributed by atoms with Crippen LogP contribution in [0, 0.1) is 3.57 Å². The number of thiophene rings is 1. The summed E-state index contributed by atoms with van der Waals surface area (Å²) in [6.07, 6.45) is 0. The molecule has 0 aliphatic carbocycles. The molecule has 19 heavy (non-hydrogen) atoms. The molecule has 100 valence electrons. The number of carboxylic acids is 1. The van der Waals surface area contributed by atoms with Crippen molar-refractivity contribution >= 4 is 45.6 Å². The van der Waals surface area contributed by atoms with E-state index in [1.165, 1.54) is 11.3 Å². The monoisotopic (exact) mass is 387 g/mol. The summed E-state index contributed by atoms with van der Waals surface area (Å²) in [6.45, 7) is 4.06. The van der Waals surface area contributed by atoms with Crippen LogP contribution in [0.2, 0.25) is 0 Å². The third-order valence-electron chi connectivity index (χ3n) is 2.87. The summed E-state index contributed by atoms with van der Waals surface area (Å²) in [4.78, 5) is 12.5. The molecular formula is C14H14INO2S. The number of carbonyl (C=O) groups is 1. The Balaban J connectivity index is 2.73. The molecule has 1 heterocycles. The summed E-state index contributed by atoms with van der Waals surface area (Å²) < 4.78 is 1.10. The van der Waals surface area contributed by atoms with Crippen molar-refractivity contribution in [3.05, 3.63) is 38.3 Å². The number of nitrogen functional groups attached to an aromatic ring is 1. The SMILES string of the molecule is CC(C)c1c(-c2ccccc2I)sc(C(=O)O)c1N. The number of aromatic carboxylic acids is 1. The maximum atomic E-state index is 11.3. The van der Waals surface area contributed by atoms with Crippen LogP contribution in [0.4, 0.5) is 5.69 Å². The van der Waals surface area contributed by atoms with Gasteiger partial charge in [-0.2, -0.15) is 0 Å². The second-order valence-corrected chi connectivity index (χ2v) is 6.71. The predicted octanol–water partition coefficient (Wildman–Crippen LogP) is 4.42. The van der Waals surface area contributed by atoms with E-state index in [-0.39, 0.29) is 10.8 Å². The zero-order valence-corrected chi connectivity index (χ0v) is 13.6. The smallest absolute Gasteiger partial charge is 0.348 e. The second-order valence-electron chi connectivity index (χ2n) is 4.53. The summed E-state index contributed by atoms with van der Waals surface area (Å²) in [6, 6.07) is 7.94. The standard InChI is InChI=1S/C14H14INO2S/c1-7(2)10-11(16)13(14(17)18)19-12(10)8-5-3-4-6-9(8)15/h3-7H,16H2,1-2H3,(H,17,18). The van der Waals surface area contributed by atoms with Crippen LogP contribution in [0.1, 0.15) is 35.0 Å². The van der Waals surface area contributed by atoms with Gasteiger partial charge >= 0.3 is 5.97 Å². The van der Waals surface area contributed by atoms with Gasteiger partial charge in [0, 0.05) is 14.0 Å². The Bertz CT molecular complexity index is 634. The van der Waals surface area contributed by atoms with E-state index < -0.39 is 5.97 Å². The van der Waals surface area contributed by atoms with Gasteiger partial charge in [0.15, 0.2) is 0 Å². The van der Waals surface area contributed by atoms with Gasteiger partial charge in [-0.3, -0.25) is 0 Å². The lowest BCUT2D eigenvalue weighted by Crippen LogP contribution is -2.00. The van der Waals surface area contributed by atoms with E-state index in [9.17, 15) is 9.90 Å². The lowest BCUT2D eigenvalue weighted by atomic mass is 9.98. The fourth-order valence-corrected chi connectivity index (χ4v) is 4.13. The van der Waals surface area contributed by atoms with Crippen LogP contribution < -0.4 is 5.73 Å². The maximum Gasteiger partial charge on any atom is 0.348 e. The summed E-state index contributed by atoms with van der Waals surface area (Å²) >= 11 is 3.52. The van der Waals surface area contributed by atoms with Gasteiger partial charge in [-0.15, -0.1) is 11.3 Å². The third kappa shape index (κ3) is 2.62. The van der Waals surface area contributed by atoms with Gasteiger partial charge in [0.05, 0.1) is 5.69 Å². The highest BCUT2D eigenvalue weighted by Crippen LogP contribution is 2.43. The molecule has 0 saturated heterocycles. The summed E-state index contributed by atoms with van der Waals surface area (Å²) in [5.74, 6) is -0.767. The summed E-state index contributed by atoms with van der Waals surface area (Å²) in [5, 5.41) is 9.23. The average Bonchev–Trinajstić information content (AvgIpc) is 2.67. The van der Waals surface area contributed by atoms with Crippen LogP contribution in [0.5, 0.6) is 0 Å². The molecule has 0 unspecified atom stereocenters. The highest BCUT2D eigenvalue weighted by Gasteiger charge is 2.23. The summed E-state index contributed by atoms with van der Waals surface area (Å²) in [5.41, 5.74) is 8.41. The van der Waals surface area contributed by atoms with Gasteiger partial charge in [0.2, 0.25) is 0 Å². The molecule has 3 nitrogen and oxygen atoms in total. The molecule has 0 radical (unpaired) electrons. The van der Waals surface area contributed by atoms with Gasteiger partial charge in [-0.1, -0.05) is 32.0 Å². The number of anilines is 1. The van der Waals surface area contributed by atoms with E-state index >= 15 is 0 Å². The fraction of sp³-hybridized carbons (Fsp3) is 0.214. The van der Waals surface area contributed by atoms with Crippen molar-refractivity contribution in [1.29, 1.82) is 0 Å². The molecule has 1 aromatic heterocycles. The minimum Gasteiger partial charge on any atom is -0.477 e. The quantitative estimate of drug-likeness (QED) is 0.767. The molecule has 0 bridgehead atoms. The third-order valence-corrected chi connectivity index (χ3v) is 5.06. The van der Waals surface area contributed by atoms with E-state index in [4.69, 9.17) is 5.73 Å². The molecule has 2 rings (SSSR count). The van der Waals surface area contributed by atoms with E-state index in [1.54, 1.807) is 0 Å². The van der Waals surface area contributed by atoms with Crippen LogP contribution in [0.15, 0.2) is 24.3 Å². The van der Waals surface area contributed by atoms with E-state index in [1.807, 2.05) is 38.1 Å². The highest BCUT2D eigenvalue weighted by molar-refractivity contribution is 14.1. The first-order valence-corrected chi connectivity index (χ1v) is 7.73. The first kappa shape index (κ1) is 14.3. The number of carboxylic acid groups (broad SMARTS) is 1. The van der Waals surface area contributed by atoms with Crippen LogP contribution in [0.3, 0.4) is 0 Å². The fourth-order valence-electron chi connectivity index (χ4n) is 2.03. The lowest BCUT2D eigenvalue weighted by Gasteiger charge is -2.10. The van der Waals surface area contributed by atoms with E-state index in [0.717, 1.165) is 19.6 Å². The molecule has 0 atom stereocenters. The number of rotatable bonds is 3. The van der Waals surface area contributed by atoms with E-state index in [2.05, 4.69) is 22.6 Å². The number of benzene rings is 1. The molecule has 0 aliphatic heterocycles. The Morgan fingerprint density at radius 3 is 2.53 bits per heavy atom. The number of hydrogen-bond donors (Lipinski definition) is 2. The highest BCUT2D eigenvalue weighted by atomic mass is 127. The van der Waals surface area contributed by atoms with Crippen LogP contribution in [0.25, 0.3) is 10.4 Å². The molecule has 0 saturated carbocycles. The topological polar surface area (TPSA) is 63.3 Å². The minimum absolute atomic E-state index is 0.190. The lowest BCUT2D eigenvalue weighted by molar-refractivity contribution is 0.0703. The zero-order chi connectivity index (χ0) is 14.2. The van der Waals surface area contributed by atoms with Crippen molar-refractivity contribution in [1.82, 2.24) is 0 Å². The van der Waals surface area contributed by atoms with E-state index in [0.29, 0.717) is 5.69 Å². The van der Waals surface area contributed by atoms with Crippen LogP contribution in [-0.4, -0.2) is 11.1 Å². The number of nitrogens with two attached hydrogens (primary N) is 1. The van der Waals surface area contributed by atoms with Crippen molar-refractivity contribution in [2.75, 3.05) is 5.73 Å². The molecule has 1 aromatic carbocycles. The van der Waals surface area contributed by atoms with Crippen molar-refractivity contribution in [2.24, 2.45) is 0 Å². The summed E-state index contributed by atoms with van der Waals surface area (Å²) in [7, 11) is 0. The Morgan fingerprint density at radius 2 is 2.00 bits per heavy atom. The average molecular weight is 387 g/mol. The molecule has 0 amide bonds. The molecular weight excluding hydrogens is 373 g/mol. The number of halogens is 1. The van der Waals surface area contributed by atoms with Gasteiger partial charge < -0.3 is 10.8 Å². The van der Waals surface area contributed by atoms with Crippen LogP contribution in [-0.2, 0) is 0 Å². The Hall–Kier alpha value is -1.08. The molecule has 2 aromatic rings. The van der Waals surface area contributed by atoms with Crippen LogP contribution >= 0.6 is 33.9 Å². The maximum absolute atomic E-state index is 11.3. The zero-order valence-electron chi connectivity index (χ0n) is 10.6. The Morgan fingerprint density at radius 1 is 1.37 bits per heavy atom. The molecule has 0 fully saturated rings. The second kappa shape index (κ2) is 5.50. The predicted molar refractivity (Wildman–Crippen MR) is 87.9 cm³/mol. The number of hydrogen-bond acceptors (Lipinski definition) is 3. The Labute approximate surface area is 129 Å². The minimum atomic E-state index is -0.957. The van der Waals surface area contributed by atoms with Crippen molar-refractivity contribution in [3.8, 4) is 10.4 Å². The van der Waals surface area contributed by atoms with Crippen molar-refractivity contribution < 1.29 is 9.90 Å². The largest absolute Gasteiger partial charge is 0.477 e. The van der Waals surface area contributed by atoms with Gasteiger partial charge in [-0.05, 0) is 40.1 Å². The van der Waals surface area contributed by atoms with Gasteiger partial charge in [-0.25, -0.2) is 4.79 Å². The first-order chi connectivity index (χ1) is 8.93. The molecule has 0 spiro atoms. The molecule has 0 aliphatic rings. The van der Waals surface area contributed by atoms with Gasteiger partial charge in [0.25, 0.3) is 0 Å².